The van der Waals surface area contributed by atoms with E-state index in [1.807, 2.05) is 0 Å². The molecular weight excluding hydrogens is 400 g/mol. The summed E-state index contributed by atoms with van der Waals surface area (Å²) < 4.78 is 7.50. The van der Waals surface area contributed by atoms with Crippen LogP contribution in [0.3, 0.4) is 0 Å². The summed E-state index contributed by atoms with van der Waals surface area (Å²) in [5.41, 5.74) is 2.98. The normalized spacial score (nSPS) is 47.1. The molecule has 1 aromatic carbocycles. The van der Waals surface area contributed by atoms with E-state index in [1.54, 1.807) is 0 Å². The zero-order valence-electron chi connectivity index (χ0n) is 20.3. The van der Waals surface area contributed by atoms with Crippen LogP contribution in [-0.2, 0) is 9.84 Å². The zero-order valence-corrected chi connectivity index (χ0v) is 21.3. The van der Waals surface area contributed by atoms with E-state index in [4.69, 9.17) is 4.43 Å². The van der Waals surface area contributed by atoms with Crippen molar-refractivity contribution in [2.75, 3.05) is 11.9 Å². The molecular formula is C26H40N2O2Si. The van der Waals surface area contributed by atoms with E-state index in [9.17, 15) is 5.11 Å². The predicted molar refractivity (Wildman–Crippen MR) is 128 cm³/mol. The zero-order chi connectivity index (χ0) is 22.1. The minimum atomic E-state index is -1.95. The van der Waals surface area contributed by atoms with Gasteiger partial charge in [0.2, 0.25) is 0 Å². The molecule has 4 nitrogen and oxygen atoms in total. The average Bonchev–Trinajstić information content (AvgIpc) is 3.09. The van der Waals surface area contributed by atoms with Gasteiger partial charge in [-0.3, -0.25) is 4.90 Å². The van der Waals surface area contributed by atoms with Gasteiger partial charge in [-0.15, -0.1) is 0 Å². The highest BCUT2D eigenvalue weighted by Gasteiger charge is 2.77. The van der Waals surface area contributed by atoms with Crippen molar-refractivity contribution in [3.8, 4) is 0 Å². The molecule has 1 aliphatic carbocycles. The third-order valence-electron chi connectivity index (χ3n) is 10.7. The Hall–Kier alpha value is -0.883. The molecule has 1 spiro atoms. The molecule has 31 heavy (non-hydrogen) atoms. The molecule has 5 fully saturated rings. The van der Waals surface area contributed by atoms with Crippen LogP contribution in [0, 0.1) is 17.8 Å². The summed E-state index contributed by atoms with van der Waals surface area (Å²) in [6.07, 6.45) is 3.41. The highest BCUT2D eigenvalue weighted by atomic mass is 28.4. The van der Waals surface area contributed by atoms with Crippen LogP contribution in [0.25, 0.3) is 0 Å². The third kappa shape index (κ3) is 2.27. The van der Waals surface area contributed by atoms with Crippen LogP contribution in [0.2, 0.25) is 18.1 Å². The van der Waals surface area contributed by atoms with Gasteiger partial charge in [-0.2, -0.15) is 0 Å². The fourth-order valence-corrected chi connectivity index (χ4v) is 9.88. The van der Waals surface area contributed by atoms with Gasteiger partial charge in [0.15, 0.2) is 8.32 Å². The first-order valence-corrected chi connectivity index (χ1v) is 15.4. The molecule has 0 aromatic heterocycles. The van der Waals surface area contributed by atoms with Gasteiger partial charge in [-0.05, 0) is 54.9 Å². The Bertz CT molecular complexity index is 913. The summed E-state index contributed by atoms with van der Waals surface area (Å²) >= 11 is 0. The number of hydrogen-bond donors (Lipinski definition) is 1. The van der Waals surface area contributed by atoms with Crippen molar-refractivity contribution in [2.24, 2.45) is 17.8 Å². The summed E-state index contributed by atoms with van der Waals surface area (Å²) in [6.45, 7) is 14.3. The molecule has 1 N–H and O–H groups in total. The molecule has 0 amide bonds. The van der Waals surface area contributed by atoms with Gasteiger partial charge in [0.25, 0.3) is 0 Å². The van der Waals surface area contributed by atoms with Crippen molar-refractivity contribution in [1.82, 2.24) is 4.90 Å². The molecule has 10 unspecified atom stereocenters. The van der Waals surface area contributed by atoms with Crippen LogP contribution in [0.1, 0.15) is 52.5 Å². The molecule has 6 aliphatic rings. The minimum Gasteiger partial charge on any atom is -0.413 e. The van der Waals surface area contributed by atoms with Gasteiger partial charge >= 0.3 is 0 Å². The molecule has 0 radical (unpaired) electrons. The molecule has 5 bridgehead atoms. The number of fused-ring (bicyclic) bond motifs is 2. The Labute approximate surface area is 189 Å². The second-order valence-corrected chi connectivity index (χ2v) is 17.4. The monoisotopic (exact) mass is 440 g/mol. The molecule has 5 heteroatoms. The van der Waals surface area contributed by atoms with E-state index < -0.39 is 8.32 Å². The molecule has 1 saturated carbocycles. The van der Waals surface area contributed by atoms with Gasteiger partial charge in [0.05, 0.1) is 12.1 Å². The van der Waals surface area contributed by atoms with E-state index in [1.165, 1.54) is 17.7 Å². The average molecular weight is 441 g/mol. The van der Waals surface area contributed by atoms with Crippen molar-refractivity contribution >= 4 is 14.0 Å². The lowest BCUT2D eigenvalue weighted by atomic mass is 9.62. The molecule has 5 heterocycles. The number of anilines is 1. The number of nitrogens with zero attached hydrogens (tertiary/aromatic N) is 2. The topological polar surface area (TPSA) is 35.9 Å². The first-order valence-electron chi connectivity index (χ1n) is 12.5. The number of hydrogen-bond acceptors (Lipinski definition) is 4. The molecule has 170 valence electrons. The summed E-state index contributed by atoms with van der Waals surface area (Å²) in [6, 6.07) is 10.4. The standard InChI is InChI=1S/C26H40N2O2Si/c1-8-15-16-13-19-22-26(17-11-9-10-12-18(17)27(22)5)14-20(28(19)24(15)29)21(16)23(26)30-31(6,7)25(2,3)4/h9-12,15-16,19-24,29H,8,13-14H2,1-7H3. The second kappa shape index (κ2) is 6.16. The van der Waals surface area contributed by atoms with Crippen LogP contribution in [0.15, 0.2) is 24.3 Å². The maximum Gasteiger partial charge on any atom is 0.192 e. The lowest BCUT2D eigenvalue weighted by Crippen LogP contribution is -2.72. The number of likely N-dealkylation sites (N-methyl/N-ethyl adjacent to an activating group) is 1. The molecule has 10 atom stereocenters. The van der Waals surface area contributed by atoms with Crippen LogP contribution in [0.5, 0.6) is 0 Å². The molecule has 7 rings (SSSR count). The van der Waals surface area contributed by atoms with E-state index in [0.29, 0.717) is 35.9 Å². The summed E-state index contributed by atoms with van der Waals surface area (Å²) in [4.78, 5) is 5.13. The van der Waals surface area contributed by atoms with Gasteiger partial charge in [-0.25, -0.2) is 0 Å². The van der Waals surface area contributed by atoms with Crippen molar-refractivity contribution in [2.45, 2.75) is 101 Å². The first kappa shape index (κ1) is 20.7. The Morgan fingerprint density at radius 1 is 1.19 bits per heavy atom. The van der Waals surface area contributed by atoms with Crippen LogP contribution in [0.4, 0.5) is 5.69 Å². The Morgan fingerprint density at radius 3 is 2.58 bits per heavy atom. The molecule has 5 aliphatic heterocycles. The number of rotatable bonds is 3. The summed E-state index contributed by atoms with van der Waals surface area (Å²) in [5.74, 6) is 1.51. The third-order valence-corrected chi connectivity index (χ3v) is 15.1. The summed E-state index contributed by atoms with van der Waals surface area (Å²) in [5, 5.41) is 11.6. The van der Waals surface area contributed by atoms with E-state index in [2.05, 4.69) is 81.9 Å². The largest absolute Gasteiger partial charge is 0.413 e. The summed E-state index contributed by atoms with van der Waals surface area (Å²) in [7, 11) is 0.344. The van der Waals surface area contributed by atoms with Crippen molar-refractivity contribution < 1.29 is 9.53 Å². The van der Waals surface area contributed by atoms with Crippen molar-refractivity contribution in [3.63, 3.8) is 0 Å². The predicted octanol–water partition coefficient (Wildman–Crippen LogP) is 4.58. The first-order chi connectivity index (χ1) is 14.5. The van der Waals surface area contributed by atoms with Crippen LogP contribution < -0.4 is 4.90 Å². The fourth-order valence-electron chi connectivity index (χ4n) is 8.52. The number of piperidine rings is 4. The SMILES string of the molecule is CCC1C2CC3C4N(C)c5ccccc5C45CC(C2C5O[Si](C)(C)C(C)(C)C)N3C1O. The Kier molecular flexibility index (Phi) is 4.12. The number of aliphatic hydroxyl groups is 1. The van der Waals surface area contributed by atoms with Gasteiger partial charge in [0.1, 0.15) is 6.23 Å². The van der Waals surface area contributed by atoms with Gasteiger partial charge in [-0.1, -0.05) is 45.9 Å². The quantitative estimate of drug-likeness (QED) is 0.698. The van der Waals surface area contributed by atoms with Crippen LogP contribution in [-0.4, -0.2) is 55.8 Å². The lowest BCUT2D eigenvalue weighted by Gasteiger charge is -2.62. The van der Waals surface area contributed by atoms with E-state index in [-0.39, 0.29) is 22.8 Å². The number of aliphatic hydroxyl groups excluding tert-OH is 1. The van der Waals surface area contributed by atoms with E-state index in [0.717, 1.165) is 12.8 Å². The number of benzene rings is 1. The van der Waals surface area contributed by atoms with E-state index >= 15 is 0 Å². The minimum absolute atomic E-state index is 0.0640. The maximum atomic E-state index is 11.4. The van der Waals surface area contributed by atoms with Crippen molar-refractivity contribution in [1.29, 1.82) is 0 Å². The fraction of sp³-hybridized carbons (Fsp3) is 0.769. The Morgan fingerprint density at radius 2 is 1.90 bits per heavy atom. The van der Waals surface area contributed by atoms with Crippen LogP contribution >= 0.6 is 0 Å². The van der Waals surface area contributed by atoms with Crippen molar-refractivity contribution in [3.05, 3.63) is 29.8 Å². The van der Waals surface area contributed by atoms with Gasteiger partial charge < -0.3 is 14.4 Å². The van der Waals surface area contributed by atoms with Gasteiger partial charge in [0, 0.05) is 42.1 Å². The highest BCUT2D eigenvalue weighted by molar-refractivity contribution is 6.74. The highest BCUT2D eigenvalue weighted by Crippen LogP contribution is 2.70. The Balaban J connectivity index is 1.56. The molecule has 1 aromatic rings. The second-order valence-electron chi connectivity index (χ2n) is 12.7. The lowest BCUT2D eigenvalue weighted by molar-refractivity contribution is -0.211. The number of para-hydroxylation sites is 1. The smallest absolute Gasteiger partial charge is 0.192 e. The molecule has 4 saturated heterocycles. The maximum absolute atomic E-state index is 11.4.